The highest BCUT2D eigenvalue weighted by atomic mass is 16.2. The number of hydrogen-bond acceptors (Lipinski definition) is 2. The number of aryl methyl sites for hydroxylation is 1. The second kappa shape index (κ2) is 4.48. The molecule has 2 aromatic heterocycles. The number of aromatic amines is 1. The molecule has 4 rings (SSSR count). The van der Waals surface area contributed by atoms with Crippen LogP contribution in [-0.4, -0.2) is 32.1 Å². The molecule has 0 bridgehead atoms. The van der Waals surface area contributed by atoms with E-state index in [2.05, 4.69) is 22.2 Å². The van der Waals surface area contributed by atoms with E-state index in [1.807, 2.05) is 24.1 Å². The zero-order valence-electron chi connectivity index (χ0n) is 11.8. The van der Waals surface area contributed by atoms with Crippen LogP contribution >= 0.6 is 0 Å². The molecule has 0 fully saturated rings. The number of aromatic nitrogens is 3. The predicted molar refractivity (Wildman–Crippen MR) is 80.0 cm³/mol. The molecule has 1 aromatic carbocycles. The maximum absolute atomic E-state index is 12.5. The lowest BCUT2D eigenvalue weighted by molar-refractivity contribution is 0.0735. The van der Waals surface area contributed by atoms with E-state index in [1.54, 1.807) is 17.1 Å². The molecule has 1 aliphatic heterocycles. The van der Waals surface area contributed by atoms with Gasteiger partial charge in [-0.1, -0.05) is 18.2 Å². The average Bonchev–Trinajstić information content (AvgIpc) is 3.09. The van der Waals surface area contributed by atoms with E-state index in [-0.39, 0.29) is 5.91 Å². The number of carbonyl (C=O) groups is 1. The molecule has 1 N–H and O–H groups in total. The molecule has 1 aliphatic rings. The van der Waals surface area contributed by atoms with Gasteiger partial charge in [-0.15, -0.1) is 0 Å². The van der Waals surface area contributed by atoms with Crippen LogP contribution in [-0.2, 0) is 20.0 Å². The third-order valence-corrected chi connectivity index (χ3v) is 4.12. The molecule has 5 nitrogen and oxygen atoms in total. The zero-order chi connectivity index (χ0) is 14.4. The first-order chi connectivity index (χ1) is 10.2. The van der Waals surface area contributed by atoms with Crippen LogP contribution in [0.3, 0.4) is 0 Å². The lowest BCUT2D eigenvalue weighted by Gasteiger charge is -2.26. The van der Waals surface area contributed by atoms with E-state index in [9.17, 15) is 4.79 Å². The maximum Gasteiger partial charge on any atom is 0.257 e. The summed E-state index contributed by atoms with van der Waals surface area (Å²) in [6.45, 7) is 1.40. The van der Waals surface area contributed by atoms with Gasteiger partial charge in [-0.05, 0) is 6.07 Å². The average molecular weight is 280 g/mol. The number of carbonyl (C=O) groups excluding carboxylic acids is 1. The van der Waals surface area contributed by atoms with Crippen LogP contribution in [0.15, 0.2) is 36.7 Å². The van der Waals surface area contributed by atoms with E-state index in [0.717, 1.165) is 18.5 Å². The molecule has 21 heavy (non-hydrogen) atoms. The van der Waals surface area contributed by atoms with E-state index in [1.165, 1.54) is 16.6 Å². The fourth-order valence-electron chi connectivity index (χ4n) is 3.05. The first-order valence-electron chi connectivity index (χ1n) is 7.09. The maximum atomic E-state index is 12.5. The van der Waals surface area contributed by atoms with Crippen molar-refractivity contribution >= 4 is 16.8 Å². The van der Waals surface area contributed by atoms with Gasteiger partial charge in [0, 0.05) is 54.9 Å². The quantitative estimate of drug-likeness (QED) is 0.742. The second-order valence-electron chi connectivity index (χ2n) is 5.51. The summed E-state index contributed by atoms with van der Waals surface area (Å²) in [6, 6.07) is 8.27. The van der Waals surface area contributed by atoms with Gasteiger partial charge < -0.3 is 9.88 Å². The number of nitrogens with zero attached hydrogens (tertiary/aromatic N) is 3. The number of para-hydroxylation sites is 1. The van der Waals surface area contributed by atoms with Gasteiger partial charge in [-0.2, -0.15) is 5.10 Å². The summed E-state index contributed by atoms with van der Waals surface area (Å²) in [5, 5.41) is 5.30. The Labute approximate surface area is 122 Å². The van der Waals surface area contributed by atoms with E-state index in [4.69, 9.17) is 0 Å². The van der Waals surface area contributed by atoms with Crippen molar-refractivity contribution in [3.63, 3.8) is 0 Å². The smallest absolute Gasteiger partial charge is 0.257 e. The van der Waals surface area contributed by atoms with Crippen molar-refractivity contribution in [1.29, 1.82) is 0 Å². The molecule has 0 spiro atoms. The van der Waals surface area contributed by atoms with Crippen molar-refractivity contribution in [2.45, 2.75) is 13.0 Å². The number of amides is 1. The highest BCUT2D eigenvalue weighted by Gasteiger charge is 2.25. The molecule has 3 aromatic rings. The van der Waals surface area contributed by atoms with Crippen molar-refractivity contribution in [3.8, 4) is 0 Å². The van der Waals surface area contributed by atoms with Gasteiger partial charge in [0.2, 0.25) is 0 Å². The number of hydrogen-bond donors (Lipinski definition) is 1. The largest absolute Gasteiger partial charge is 0.358 e. The molecule has 1 amide bonds. The number of benzene rings is 1. The molecular formula is C16H16N4O. The molecular weight excluding hydrogens is 264 g/mol. The number of nitrogens with one attached hydrogen (secondary N) is 1. The van der Waals surface area contributed by atoms with Crippen LogP contribution in [0.1, 0.15) is 21.6 Å². The normalized spacial score (nSPS) is 14.4. The van der Waals surface area contributed by atoms with E-state index >= 15 is 0 Å². The fourth-order valence-corrected chi connectivity index (χ4v) is 3.05. The summed E-state index contributed by atoms with van der Waals surface area (Å²) in [7, 11) is 1.82. The Morgan fingerprint density at radius 2 is 2.19 bits per heavy atom. The SMILES string of the molecule is Cn1cc(C(=O)N2CCc3[nH]c4ccccc4c3C2)cn1. The zero-order valence-corrected chi connectivity index (χ0v) is 11.8. The summed E-state index contributed by atoms with van der Waals surface area (Å²) in [4.78, 5) is 17.9. The van der Waals surface area contributed by atoms with Crippen molar-refractivity contribution < 1.29 is 4.79 Å². The molecule has 0 aliphatic carbocycles. The van der Waals surface area contributed by atoms with Crippen LogP contribution < -0.4 is 0 Å². The summed E-state index contributed by atoms with van der Waals surface area (Å²) in [5.74, 6) is 0.0547. The Hall–Kier alpha value is -2.56. The van der Waals surface area contributed by atoms with E-state index in [0.29, 0.717) is 12.1 Å². The van der Waals surface area contributed by atoms with Crippen LogP contribution in [0.2, 0.25) is 0 Å². The first kappa shape index (κ1) is 12.2. The van der Waals surface area contributed by atoms with Gasteiger partial charge in [0.1, 0.15) is 0 Å². The molecule has 0 saturated carbocycles. The Bertz CT molecular complexity index is 830. The third kappa shape index (κ3) is 1.93. The van der Waals surface area contributed by atoms with Crippen molar-refractivity contribution in [1.82, 2.24) is 19.7 Å². The Morgan fingerprint density at radius 1 is 1.33 bits per heavy atom. The van der Waals surface area contributed by atoms with Gasteiger partial charge in [-0.25, -0.2) is 0 Å². The minimum Gasteiger partial charge on any atom is -0.358 e. The summed E-state index contributed by atoms with van der Waals surface area (Å²) >= 11 is 0. The van der Waals surface area contributed by atoms with Crippen LogP contribution in [0.4, 0.5) is 0 Å². The Morgan fingerprint density at radius 3 is 3.00 bits per heavy atom. The summed E-state index contributed by atoms with van der Waals surface area (Å²) < 4.78 is 1.66. The second-order valence-corrected chi connectivity index (χ2v) is 5.51. The highest BCUT2D eigenvalue weighted by Crippen LogP contribution is 2.28. The lowest BCUT2D eigenvalue weighted by Crippen LogP contribution is -2.35. The molecule has 0 radical (unpaired) electrons. The Balaban J connectivity index is 1.68. The monoisotopic (exact) mass is 280 g/mol. The predicted octanol–water partition coefficient (Wildman–Crippen LogP) is 2.10. The van der Waals surface area contributed by atoms with Crippen LogP contribution in [0.5, 0.6) is 0 Å². The molecule has 0 unspecified atom stereocenters. The van der Waals surface area contributed by atoms with Gasteiger partial charge >= 0.3 is 0 Å². The van der Waals surface area contributed by atoms with Gasteiger partial charge in [-0.3, -0.25) is 9.48 Å². The van der Waals surface area contributed by atoms with Crippen molar-refractivity contribution in [3.05, 3.63) is 53.5 Å². The van der Waals surface area contributed by atoms with Crippen LogP contribution in [0.25, 0.3) is 10.9 Å². The third-order valence-electron chi connectivity index (χ3n) is 4.12. The van der Waals surface area contributed by atoms with Crippen LogP contribution in [0, 0.1) is 0 Å². The standard InChI is InChI=1S/C16H16N4O/c1-19-9-11(8-17-19)16(21)20-7-6-15-13(10-20)12-4-2-3-5-14(12)18-15/h2-5,8-9,18H,6-7,10H2,1H3. The lowest BCUT2D eigenvalue weighted by atomic mass is 10.0. The van der Waals surface area contributed by atoms with Gasteiger partial charge in [0.25, 0.3) is 5.91 Å². The molecule has 0 atom stereocenters. The minimum absolute atomic E-state index is 0.0547. The summed E-state index contributed by atoms with van der Waals surface area (Å²) in [6.07, 6.45) is 4.27. The Kier molecular flexibility index (Phi) is 2.60. The summed E-state index contributed by atoms with van der Waals surface area (Å²) in [5.41, 5.74) is 4.31. The molecule has 3 heterocycles. The van der Waals surface area contributed by atoms with Gasteiger partial charge in [0.05, 0.1) is 11.8 Å². The fraction of sp³-hybridized carbons (Fsp3) is 0.250. The molecule has 106 valence electrons. The molecule has 0 saturated heterocycles. The highest BCUT2D eigenvalue weighted by molar-refractivity contribution is 5.94. The minimum atomic E-state index is 0.0547. The van der Waals surface area contributed by atoms with Crippen molar-refractivity contribution in [2.24, 2.45) is 7.05 Å². The van der Waals surface area contributed by atoms with Gasteiger partial charge in [0.15, 0.2) is 0 Å². The number of H-pyrrole nitrogens is 1. The van der Waals surface area contributed by atoms with Crippen molar-refractivity contribution in [2.75, 3.05) is 6.54 Å². The topological polar surface area (TPSA) is 53.9 Å². The first-order valence-corrected chi connectivity index (χ1v) is 7.09. The number of fused-ring (bicyclic) bond motifs is 3. The van der Waals surface area contributed by atoms with E-state index < -0.39 is 0 Å². The number of rotatable bonds is 1. The molecule has 5 heteroatoms.